The molecule has 4 heteroatoms. The average Bonchev–Trinajstić information content (AvgIpc) is 2.54. The van der Waals surface area contributed by atoms with Crippen LogP contribution in [0.2, 0.25) is 0 Å². The normalized spacial score (nSPS) is 18.9. The molecular weight excluding hydrogens is 264 g/mol. The molecule has 4 nitrogen and oxygen atoms in total. The first-order valence-electron chi connectivity index (χ1n) is 7.56. The lowest BCUT2D eigenvalue weighted by molar-refractivity contribution is 0.0576. The van der Waals surface area contributed by atoms with Gasteiger partial charge in [-0.25, -0.2) is 4.98 Å². The molecular formula is C17H22N2O2. The van der Waals surface area contributed by atoms with Gasteiger partial charge in [-0.05, 0) is 30.9 Å². The molecule has 2 heterocycles. The molecule has 1 saturated heterocycles. The van der Waals surface area contributed by atoms with Gasteiger partial charge in [0, 0.05) is 31.1 Å². The van der Waals surface area contributed by atoms with Crippen molar-refractivity contribution in [3.05, 3.63) is 35.9 Å². The third kappa shape index (κ3) is 3.17. The molecule has 0 saturated carbocycles. The van der Waals surface area contributed by atoms with Crippen molar-refractivity contribution in [1.82, 2.24) is 4.98 Å². The summed E-state index contributed by atoms with van der Waals surface area (Å²) in [6.07, 6.45) is 2.34. The van der Waals surface area contributed by atoms with Gasteiger partial charge in [0.2, 0.25) is 0 Å². The molecule has 0 radical (unpaired) electrons. The highest BCUT2D eigenvalue weighted by Gasteiger charge is 2.18. The van der Waals surface area contributed by atoms with E-state index in [1.807, 2.05) is 37.4 Å². The monoisotopic (exact) mass is 286 g/mol. The minimum absolute atomic E-state index is 0.0126. The smallest absolute Gasteiger partial charge is 0.134 e. The summed E-state index contributed by atoms with van der Waals surface area (Å²) < 4.78 is 5.55. The van der Waals surface area contributed by atoms with Crippen LogP contribution in [-0.2, 0) is 11.3 Å². The van der Waals surface area contributed by atoms with E-state index < -0.39 is 0 Å². The largest absolute Gasteiger partial charge is 0.392 e. The van der Waals surface area contributed by atoms with Crippen LogP contribution in [0.15, 0.2) is 30.3 Å². The second kappa shape index (κ2) is 6.41. The zero-order valence-corrected chi connectivity index (χ0v) is 12.5. The minimum Gasteiger partial charge on any atom is -0.392 e. The fourth-order valence-electron chi connectivity index (χ4n) is 3.02. The van der Waals surface area contributed by atoms with Crippen molar-refractivity contribution < 1.29 is 9.84 Å². The van der Waals surface area contributed by atoms with E-state index in [1.54, 1.807) is 0 Å². The fourth-order valence-corrected chi connectivity index (χ4v) is 3.02. The van der Waals surface area contributed by atoms with Crippen LogP contribution < -0.4 is 4.90 Å². The summed E-state index contributed by atoms with van der Waals surface area (Å²) in [4.78, 5) is 6.89. The van der Waals surface area contributed by atoms with Crippen molar-refractivity contribution in [2.24, 2.45) is 5.92 Å². The number of hydrogen-bond acceptors (Lipinski definition) is 4. The van der Waals surface area contributed by atoms with E-state index in [0.717, 1.165) is 48.5 Å². The van der Waals surface area contributed by atoms with Crippen LogP contribution in [-0.4, -0.2) is 36.9 Å². The predicted molar refractivity (Wildman–Crippen MR) is 84.5 cm³/mol. The first-order valence-corrected chi connectivity index (χ1v) is 7.56. The Bertz CT molecular complexity index is 609. The molecule has 0 aliphatic carbocycles. The number of nitrogens with zero attached hydrogens (tertiary/aromatic N) is 2. The van der Waals surface area contributed by atoms with Gasteiger partial charge in [0.05, 0.1) is 18.7 Å². The summed E-state index contributed by atoms with van der Waals surface area (Å²) >= 11 is 0. The molecule has 1 aromatic carbocycles. The van der Waals surface area contributed by atoms with Gasteiger partial charge in [0.25, 0.3) is 0 Å². The van der Waals surface area contributed by atoms with Gasteiger partial charge < -0.3 is 14.7 Å². The maximum Gasteiger partial charge on any atom is 0.134 e. The number of aliphatic hydroxyl groups excluding tert-OH is 1. The molecule has 1 aromatic heterocycles. The Morgan fingerprint density at radius 3 is 3.00 bits per heavy atom. The fraction of sp³-hybridized carbons (Fsp3) is 0.471. The summed E-state index contributed by atoms with van der Waals surface area (Å²) in [5.74, 6) is 1.42. The van der Waals surface area contributed by atoms with Gasteiger partial charge in [-0.3, -0.25) is 0 Å². The quantitative estimate of drug-likeness (QED) is 0.938. The number of para-hydroxylation sites is 1. The maximum absolute atomic E-state index is 9.64. The lowest BCUT2D eigenvalue weighted by Crippen LogP contribution is -2.31. The van der Waals surface area contributed by atoms with Crippen molar-refractivity contribution in [2.75, 3.05) is 31.7 Å². The van der Waals surface area contributed by atoms with Crippen LogP contribution in [0.3, 0.4) is 0 Å². The van der Waals surface area contributed by atoms with Gasteiger partial charge in [-0.2, -0.15) is 0 Å². The van der Waals surface area contributed by atoms with Crippen molar-refractivity contribution in [1.29, 1.82) is 0 Å². The lowest BCUT2D eigenvalue weighted by Gasteiger charge is -2.29. The highest BCUT2D eigenvalue weighted by molar-refractivity contribution is 5.81. The van der Waals surface area contributed by atoms with Crippen molar-refractivity contribution in [2.45, 2.75) is 19.4 Å². The van der Waals surface area contributed by atoms with Crippen molar-refractivity contribution in [3.63, 3.8) is 0 Å². The SMILES string of the molecule is CN(CC1CCCOC1)c1nc2ccccc2cc1CO. The number of hydrogen-bond donors (Lipinski definition) is 1. The second-order valence-electron chi connectivity index (χ2n) is 5.79. The van der Waals surface area contributed by atoms with Crippen LogP contribution >= 0.6 is 0 Å². The highest BCUT2D eigenvalue weighted by atomic mass is 16.5. The topological polar surface area (TPSA) is 45.6 Å². The Morgan fingerprint density at radius 1 is 1.38 bits per heavy atom. The molecule has 0 bridgehead atoms. The zero-order chi connectivity index (χ0) is 14.7. The highest BCUT2D eigenvalue weighted by Crippen LogP contribution is 2.25. The number of ether oxygens (including phenoxy) is 1. The van der Waals surface area contributed by atoms with E-state index in [9.17, 15) is 5.11 Å². The van der Waals surface area contributed by atoms with E-state index in [4.69, 9.17) is 9.72 Å². The molecule has 1 fully saturated rings. The number of rotatable bonds is 4. The number of benzene rings is 1. The summed E-state index contributed by atoms with van der Waals surface area (Å²) in [5, 5.41) is 10.7. The maximum atomic E-state index is 9.64. The van der Waals surface area contributed by atoms with Crippen LogP contribution in [0.4, 0.5) is 5.82 Å². The number of pyridine rings is 1. The number of aliphatic hydroxyl groups is 1. The molecule has 1 unspecified atom stereocenters. The van der Waals surface area contributed by atoms with E-state index in [1.165, 1.54) is 6.42 Å². The second-order valence-corrected chi connectivity index (χ2v) is 5.79. The molecule has 112 valence electrons. The molecule has 0 amide bonds. The standard InChI is InChI=1S/C17H22N2O2/c1-19(10-13-5-4-8-21-12-13)17-15(11-20)9-14-6-2-3-7-16(14)18-17/h2-3,6-7,9,13,20H,4-5,8,10-12H2,1H3. The number of aromatic nitrogens is 1. The first-order chi connectivity index (χ1) is 10.3. The summed E-state index contributed by atoms with van der Waals surface area (Å²) in [6.45, 7) is 2.64. The summed E-state index contributed by atoms with van der Waals surface area (Å²) in [6, 6.07) is 10.1. The third-order valence-corrected chi connectivity index (χ3v) is 4.10. The first kappa shape index (κ1) is 14.3. The predicted octanol–water partition coefficient (Wildman–Crippen LogP) is 2.59. The van der Waals surface area contributed by atoms with Gasteiger partial charge in [-0.15, -0.1) is 0 Å². The molecule has 21 heavy (non-hydrogen) atoms. The minimum atomic E-state index is 0.0126. The molecule has 1 N–H and O–H groups in total. The van der Waals surface area contributed by atoms with Gasteiger partial charge in [-0.1, -0.05) is 18.2 Å². The number of anilines is 1. The molecule has 3 rings (SSSR count). The molecule has 1 aliphatic heterocycles. The summed E-state index contributed by atoms with van der Waals surface area (Å²) in [7, 11) is 2.05. The Balaban J connectivity index is 1.86. The van der Waals surface area contributed by atoms with Crippen LogP contribution in [0, 0.1) is 5.92 Å². The molecule has 1 atom stereocenters. The van der Waals surface area contributed by atoms with Gasteiger partial charge >= 0.3 is 0 Å². The summed E-state index contributed by atoms with van der Waals surface area (Å²) in [5.41, 5.74) is 1.85. The Labute approximate surface area is 125 Å². The van der Waals surface area contributed by atoms with Gasteiger partial charge in [0.1, 0.15) is 5.82 Å². The Kier molecular flexibility index (Phi) is 4.36. The average molecular weight is 286 g/mol. The van der Waals surface area contributed by atoms with Crippen LogP contribution in [0.5, 0.6) is 0 Å². The Morgan fingerprint density at radius 2 is 2.24 bits per heavy atom. The van der Waals surface area contributed by atoms with Crippen LogP contribution in [0.1, 0.15) is 18.4 Å². The molecule has 2 aromatic rings. The number of fused-ring (bicyclic) bond motifs is 1. The van der Waals surface area contributed by atoms with Crippen molar-refractivity contribution in [3.8, 4) is 0 Å². The zero-order valence-electron chi connectivity index (χ0n) is 12.5. The third-order valence-electron chi connectivity index (χ3n) is 4.10. The van der Waals surface area contributed by atoms with Crippen LogP contribution in [0.25, 0.3) is 10.9 Å². The van der Waals surface area contributed by atoms with E-state index in [2.05, 4.69) is 4.90 Å². The van der Waals surface area contributed by atoms with E-state index >= 15 is 0 Å². The van der Waals surface area contributed by atoms with Gasteiger partial charge in [0.15, 0.2) is 0 Å². The Hall–Kier alpha value is -1.65. The lowest BCUT2D eigenvalue weighted by atomic mass is 10.0. The molecule has 0 spiro atoms. The van der Waals surface area contributed by atoms with E-state index in [0.29, 0.717) is 5.92 Å². The molecule has 1 aliphatic rings. The van der Waals surface area contributed by atoms with Crippen molar-refractivity contribution >= 4 is 16.7 Å². The van der Waals surface area contributed by atoms with E-state index in [-0.39, 0.29) is 6.61 Å².